The van der Waals surface area contributed by atoms with E-state index < -0.39 is 17.7 Å². The van der Waals surface area contributed by atoms with Crippen LogP contribution in [0.1, 0.15) is 24.1 Å². The zero-order chi connectivity index (χ0) is 24.4. The van der Waals surface area contributed by atoms with Gasteiger partial charge < -0.3 is 15.2 Å². The molecule has 1 aliphatic rings. The molecule has 0 bridgehead atoms. The van der Waals surface area contributed by atoms with Gasteiger partial charge in [0.25, 0.3) is 11.7 Å². The van der Waals surface area contributed by atoms with E-state index in [9.17, 15) is 19.5 Å². The molecule has 0 radical (unpaired) electrons. The number of halogens is 1. The highest BCUT2D eigenvalue weighted by Gasteiger charge is 2.47. The molecule has 1 aromatic heterocycles. The van der Waals surface area contributed by atoms with Crippen molar-refractivity contribution in [2.75, 3.05) is 17.3 Å². The van der Waals surface area contributed by atoms with Crippen LogP contribution in [-0.4, -0.2) is 34.8 Å². The number of methoxy groups -OCH3 is 1. The Morgan fingerprint density at radius 3 is 2.35 bits per heavy atom. The quantitative estimate of drug-likeness (QED) is 0.321. The first kappa shape index (κ1) is 23.0. The average Bonchev–Trinajstić information content (AvgIpc) is 3.09. The van der Waals surface area contributed by atoms with Gasteiger partial charge in [-0.3, -0.25) is 24.3 Å². The van der Waals surface area contributed by atoms with Crippen LogP contribution < -0.4 is 15.0 Å². The summed E-state index contributed by atoms with van der Waals surface area (Å²) in [6, 6.07) is 13.5. The lowest BCUT2D eigenvalue weighted by molar-refractivity contribution is -0.132. The van der Waals surface area contributed by atoms with Gasteiger partial charge in [0.2, 0.25) is 5.91 Å². The monoisotopic (exact) mass is 477 g/mol. The number of hydrogen-bond donors (Lipinski definition) is 2. The number of carbonyl (C=O) groups is 3. The highest BCUT2D eigenvalue weighted by atomic mass is 35.5. The molecule has 1 atom stereocenters. The summed E-state index contributed by atoms with van der Waals surface area (Å²) in [6.07, 6.45) is 3.08. The Kier molecular flexibility index (Phi) is 6.34. The molecule has 0 saturated carbocycles. The Labute approximate surface area is 200 Å². The standard InChI is InChI=1S/C25H20ClN3O5/c1-14(30)28-17-4-6-18(7-5-17)29-22(15-9-11-27-12-10-15)21(24(32)25(29)33)23(31)16-3-8-20(34-2)19(26)13-16/h3-13,22,31H,1-2H3,(H,28,30)/b23-21-. The smallest absolute Gasteiger partial charge is 0.300 e. The molecule has 172 valence electrons. The fourth-order valence-corrected chi connectivity index (χ4v) is 4.10. The summed E-state index contributed by atoms with van der Waals surface area (Å²) < 4.78 is 5.15. The summed E-state index contributed by atoms with van der Waals surface area (Å²) in [5.41, 5.74) is 1.74. The number of Topliss-reactive ketones (excluding diaryl/α,β-unsaturated/α-hetero) is 1. The molecule has 1 saturated heterocycles. The molecule has 2 aromatic carbocycles. The van der Waals surface area contributed by atoms with Crippen molar-refractivity contribution in [3.05, 3.63) is 88.7 Å². The molecule has 2 amide bonds. The maximum atomic E-state index is 13.2. The number of hydrogen-bond acceptors (Lipinski definition) is 6. The number of amides is 2. The van der Waals surface area contributed by atoms with E-state index in [2.05, 4.69) is 10.3 Å². The number of anilines is 2. The average molecular weight is 478 g/mol. The number of carbonyl (C=O) groups excluding carboxylic acids is 3. The number of pyridine rings is 1. The summed E-state index contributed by atoms with van der Waals surface area (Å²) in [5.74, 6) is -1.82. The van der Waals surface area contributed by atoms with Crippen LogP contribution in [0.5, 0.6) is 5.75 Å². The Bertz CT molecular complexity index is 1310. The molecule has 3 aromatic rings. The normalized spacial score (nSPS) is 17.0. The van der Waals surface area contributed by atoms with Crippen molar-refractivity contribution in [2.45, 2.75) is 13.0 Å². The van der Waals surface area contributed by atoms with Crippen molar-refractivity contribution in [1.29, 1.82) is 0 Å². The van der Waals surface area contributed by atoms with Gasteiger partial charge in [-0.05, 0) is 60.2 Å². The van der Waals surface area contributed by atoms with Crippen molar-refractivity contribution < 1.29 is 24.2 Å². The lowest BCUT2D eigenvalue weighted by atomic mass is 9.95. The van der Waals surface area contributed by atoms with Crippen molar-refractivity contribution in [2.24, 2.45) is 0 Å². The molecular weight excluding hydrogens is 458 g/mol. The molecule has 1 aliphatic heterocycles. The van der Waals surface area contributed by atoms with E-state index in [0.717, 1.165) is 0 Å². The predicted octanol–water partition coefficient (Wildman–Crippen LogP) is 4.33. The Morgan fingerprint density at radius 1 is 1.09 bits per heavy atom. The van der Waals surface area contributed by atoms with Crippen molar-refractivity contribution >= 4 is 46.3 Å². The molecule has 1 fully saturated rings. The van der Waals surface area contributed by atoms with Crippen LogP contribution in [0.2, 0.25) is 5.02 Å². The summed E-state index contributed by atoms with van der Waals surface area (Å²) >= 11 is 6.21. The van der Waals surface area contributed by atoms with Crippen LogP contribution in [-0.2, 0) is 14.4 Å². The van der Waals surface area contributed by atoms with Crippen LogP contribution in [0.15, 0.2) is 72.6 Å². The summed E-state index contributed by atoms with van der Waals surface area (Å²) in [7, 11) is 1.47. The van der Waals surface area contributed by atoms with Crippen LogP contribution in [0.3, 0.4) is 0 Å². The third-order valence-electron chi connectivity index (χ3n) is 5.36. The summed E-state index contributed by atoms with van der Waals surface area (Å²) in [6.45, 7) is 1.39. The van der Waals surface area contributed by atoms with Gasteiger partial charge in [-0.1, -0.05) is 11.6 Å². The van der Waals surface area contributed by atoms with Gasteiger partial charge in [-0.15, -0.1) is 0 Å². The van der Waals surface area contributed by atoms with E-state index in [1.807, 2.05) is 0 Å². The highest BCUT2D eigenvalue weighted by molar-refractivity contribution is 6.51. The van der Waals surface area contributed by atoms with E-state index >= 15 is 0 Å². The number of ether oxygens (including phenoxy) is 1. The third-order valence-corrected chi connectivity index (χ3v) is 5.65. The molecule has 9 heteroatoms. The zero-order valence-corrected chi connectivity index (χ0v) is 19.0. The molecule has 8 nitrogen and oxygen atoms in total. The van der Waals surface area contributed by atoms with Gasteiger partial charge in [0.05, 0.1) is 23.7 Å². The first-order chi connectivity index (χ1) is 16.3. The summed E-state index contributed by atoms with van der Waals surface area (Å²) in [5, 5.41) is 14.1. The van der Waals surface area contributed by atoms with Crippen molar-refractivity contribution in [1.82, 2.24) is 4.98 Å². The Hall–Kier alpha value is -4.17. The van der Waals surface area contributed by atoms with E-state index in [-0.39, 0.29) is 27.8 Å². The fraction of sp³-hybridized carbons (Fsp3) is 0.120. The number of rotatable bonds is 5. The highest BCUT2D eigenvalue weighted by Crippen LogP contribution is 2.42. The van der Waals surface area contributed by atoms with Crippen LogP contribution >= 0.6 is 11.6 Å². The van der Waals surface area contributed by atoms with Crippen molar-refractivity contribution in [3.63, 3.8) is 0 Å². The largest absolute Gasteiger partial charge is 0.507 e. The Morgan fingerprint density at radius 2 is 1.76 bits per heavy atom. The molecule has 34 heavy (non-hydrogen) atoms. The minimum atomic E-state index is -0.907. The molecule has 1 unspecified atom stereocenters. The number of nitrogens with zero attached hydrogens (tertiary/aromatic N) is 2. The predicted molar refractivity (Wildman–Crippen MR) is 128 cm³/mol. The van der Waals surface area contributed by atoms with Gasteiger partial charge in [0, 0.05) is 36.3 Å². The van der Waals surface area contributed by atoms with E-state index in [4.69, 9.17) is 16.3 Å². The topological polar surface area (TPSA) is 109 Å². The minimum absolute atomic E-state index is 0.0802. The first-order valence-corrected chi connectivity index (χ1v) is 10.6. The first-order valence-electron chi connectivity index (χ1n) is 10.2. The minimum Gasteiger partial charge on any atom is -0.507 e. The molecule has 2 N–H and O–H groups in total. The molecule has 4 rings (SSSR count). The maximum Gasteiger partial charge on any atom is 0.300 e. The van der Waals surface area contributed by atoms with Crippen LogP contribution in [0.25, 0.3) is 5.76 Å². The molecule has 0 spiro atoms. The van der Waals surface area contributed by atoms with Gasteiger partial charge in [0.1, 0.15) is 11.5 Å². The number of nitrogens with one attached hydrogen (secondary N) is 1. The second-order valence-corrected chi connectivity index (χ2v) is 7.93. The van der Waals surface area contributed by atoms with Crippen molar-refractivity contribution in [3.8, 4) is 5.75 Å². The number of aromatic nitrogens is 1. The Balaban J connectivity index is 1.86. The molecule has 2 heterocycles. The zero-order valence-electron chi connectivity index (χ0n) is 18.3. The number of ketones is 1. The van der Waals surface area contributed by atoms with E-state index in [0.29, 0.717) is 22.7 Å². The van der Waals surface area contributed by atoms with Gasteiger partial charge >= 0.3 is 0 Å². The van der Waals surface area contributed by atoms with Crippen LogP contribution in [0, 0.1) is 0 Å². The lowest BCUT2D eigenvalue weighted by Crippen LogP contribution is -2.29. The third kappa shape index (κ3) is 4.23. The number of aliphatic hydroxyl groups is 1. The van der Waals surface area contributed by atoms with Gasteiger partial charge in [-0.25, -0.2) is 0 Å². The number of aliphatic hydroxyl groups excluding tert-OH is 1. The van der Waals surface area contributed by atoms with Crippen LogP contribution in [0.4, 0.5) is 11.4 Å². The number of benzene rings is 2. The SMILES string of the molecule is COc1ccc(/C(O)=C2/C(=O)C(=O)N(c3ccc(NC(C)=O)cc3)C2c2ccncc2)cc1Cl. The van der Waals surface area contributed by atoms with E-state index in [1.165, 1.54) is 25.0 Å². The second-order valence-electron chi connectivity index (χ2n) is 7.53. The van der Waals surface area contributed by atoms with Gasteiger partial charge in [0.15, 0.2) is 0 Å². The maximum absolute atomic E-state index is 13.2. The lowest BCUT2D eigenvalue weighted by Gasteiger charge is -2.25. The fourth-order valence-electron chi connectivity index (χ4n) is 3.84. The summed E-state index contributed by atoms with van der Waals surface area (Å²) in [4.78, 5) is 43.0. The second kappa shape index (κ2) is 9.36. The van der Waals surface area contributed by atoms with E-state index in [1.54, 1.807) is 60.9 Å². The van der Waals surface area contributed by atoms with Gasteiger partial charge in [-0.2, -0.15) is 0 Å². The molecular formula is C25H20ClN3O5. The molecule has 0 aliphatic carbocycles.